The standard InChI is InChI=1S/C25H46O4/c1-20(2)13-8-6-5-7-10-17-28-24(26)22-15-12-16-23(19-22)25(27)29-18-11-9-14-21(3)4/h20-23H,5-19H2,1-4H3. The molecule has 0 heterocycles. The zero-order chi connectivity index (χ0) is 21.5. The molecule has 0 aromatic carbocycles. The summed E-state index contributed by atoms with van der Waals surface area (Å²) in [5.74, 6) is 0.992. The third-order valence-corrected chi connectivity index (χ3v) is 5.93. The number of carbonyl (C=O) groups excluding carboxylic acids is 2. The number of hydrogen-bond acceptors (Lipinski definition) is 4. The van der Waals surface area contributed by atoms with Gasteiger partial charge in [0.1, 0.15) is 0 Å². The summed E-state index contributed by atoms with van der Waals surface area (Å²) in [6, 6.07) is 0. The van der Waals surface area contributed by atoms with E-state index in [-0.39, 0.29) is 23.8 Å². The van der Waals surface area contributed by atoms with Gasteiger partial charge >= 0.3 is 11.9 Å². The number of rotatable bonds is 15. The Kier molecular flexibility index (Phi) is 14.1. The Hall–Kier alpha value is -1.06. The molecule has 4 heteroatoms. The minimum Gasteiger partial charge on any atom is -0.465 e. The molecule has 1 saturated carbocycles. The van der Waals surface area contributed by atoms with Crippen LogP contribution < -0.4 is 0 Å². The molecule has 1 rings (SSSR count). The van der Waals surface area contributed by atoms with Gasteiger partial charge in [-0.25, -0.2) is 0 Å². The Balaban J connectivity index is 2.13. The Morgan fingerprint density at radius 3 is 1.62 bits per heavy atom. The fraction of sp³-hybridized carbons (Fsp3) is 0.920. The zero-order valence-electron chi connectivity index (χ0n) is 19.5. The van der Waals surface area contributed by atoms with Gasteiger partial charge in [-0.3, -0.25) is 9.59 Å². The Morgan fingerprint density at radius 2 is 1.10 bits per heavy atom. The highest BCUT2D eigenvalue weighted by Gasteiger charge is 2.32. The van der Waals surface area contributed by atoms with Crippen LogP contribution in [-0.4, -0.2) is 25.2 Å². The number of carbonyl (C=O) groups is 2. The second kappa shape index (κ2) is 15.7. The van der Waals surface area contributed by atoms with Gasteiger partial charge in [0, 0.05) is 0 Å². The normalized spacial score (nSPS) is 19.5. The zero-order valence-corrected chi connectivity index (χ0v) is 19.5. The molecule has 0 aromatic rings. The summed E-state index contributed by atoms with van der Waals surface area (Å²) in [4.78, 5) is 24.7. The van der Waals surface area contributed by atoms with Crippen molar-refractivity contribution in [2.75, 3.05) is 13.2 Å². The minimum absolute atomic E-state index is 0.112. The minimum atomic E-state index is -0.132. The van der Waals surface area contributed by atoms with Crippen molar-refractivity contribution >= 4 is 11.9 Å². The number of unbranched alkanes of at least 4 members (excludes halogenated alkanes) is 5. The fourth-order valence-electron chi connectivity index (χ4n) is 4.04. The quantitative estimate of drug-likeness (QED) is 0.222. The Bertz CT molecular complexity index is 444. The molecule has 0 aromatic heterocycles. The van der Waals surface area contributed by atoms with Crippen LogP contribution in [-0.2, 0) is 19.1 Å². The molecule has 1 aliphatic carbocycles. The molecule has 2 unspecified atom stereocenters. The van der Waals surface area contributed by atoms with Crippen molar-refractivity contribution in [3.63, 3.8) is 0 Å². The summed E-state index contributed by atoms with van der Waals surface area (Å²) < 4.78 is 11.0. The summed E-state index contributed by atoms with van der Waals surface area (Å²) in [6.45, 7) is 9.98. The SMILES string of the molecule is CC(C)CCCCCCCOC(=O)C1CCCC(C(=O)OCCCCC(C)C)C1. The van der Waals surface area contributed by atoms with Crippen molar-refractivity contribution in [3.05, 3.63) is 0 Å². The molecule has 170 valence electrons. The van der Waals surface area contributed by atoms with Gasteiger partial charge in [-0.15, -0.1) is 0 Å². The summed E-state index contributed by atoms with van der Waals surface area (Å²) >= 11 is 0. The van der Waals surface area contributed by atoms with Crippen molar-refractivity contribution in [1.82, 2.24) is 0 Å². The van der Waals surface area contributed by atoms with E-state index in [0.29, 0.717) is 25.6 Å². The summed E-state index contributed by atoms with van der Waals surface area (Å²) in [7, 11) is 0. The monoisotopic (exact) mass is 410 g/mol. The van der Waals surface area contributed by atoms with Crippen molar-refractivity contribution in [3.8, 4) is 0 Å². The van der Waals surface area contributed by atoms with E-state index in [2.05, 4.69) is 27.7 Å². The highest BCUT2D eigenvalue weighted by Crippen LogP contribution is 2.31. The van der Waals surface area contributed by atoms with Crippen LogP contribution >= 0.6 is 0 Å². The molecule has 0 amide bonds. The lowest BCUT2D eigenvalue weighted by atomic mass is 9.81. The number of esters is 2. The first-order valence-electron chi connectivity index (χ1n) is 12.2. The van der Waals surface area contributed by atoms with Gasteiger partial charge in [-0.05, 0) is 50.4 Å². The van der Waals surface area contributed by atoms with E-state index >= 15 is 0 Å². The molecule has 1 aliphatic rings. The molecular formula is C25H46O4. The van der Waals surface area contributed by atoms with E-state index < -0.39 is 0 Å². The second-order valence-corrected chi connectivity index (χ2v) is 9.74. The molecule has 2 atom stereocenters. The van der Waals surface area contributed by atoms with Gasteiger partial charge in [-0.1, -0.05) is 72.6 Å². The summed E-state index contributed by atoms with van der Waals surface area (Å²) in [5, 5.41) is 0. The maximum absolute atomic E-state index is 12.4. The highest BCUT2D eigenvalue weighted by atomic mass is 16.5. The van der Waals surface area contributed by atoms with Crippen LogP contribution in [0.5, 0.6) is 0 Å². The lowest BCUT2D eigenvalue weighted by Gasteiger charge is -2.26. The fourth-order valence-corrected chi connectivity index (χ4v) is 4.04. The van der Waals surface area contributed by atoms with Crippen molar-refractivity contribution in [2.24, 2.45) is 23.7 Å². The molecule has 0 radical (unpaired) electrons. The Labute approximate surface area is 179 Å². The van der Waals surface area contributed by atoms with Gasteiger partial charge in [0.15, 0.2) is 0 Å². The first-order chi connectivity index (χ1) is 13.9. The van der Waals surface area contributed by atoms with Gasteiger partial charge in [0.25, 0.3) is 0 Å². The third kappa shape index (κ3) is 13.0. The van der Waals surface area contributed by atoms with E-state index in [1.165, 1.54) is 32.1 Å². The van der Waals surface area contributed by atoms with E-state index in [9.17, 15) is 9.59 Å². The van der Waals surface area contributed by atoms with Crippen molar-refractivity contribution < 1.29 is 19.1 Å². The number of hydrogen-bond donors (Lipinski definition) is 0. The lowest BCUT2D eigenvalue weighted by molar-refractivity contribution is -0.155. The highest BCUT2D eigenvalue weighted by molar-refractivity contribution is 5.76. The van der Waals surface area contributed by atoms with Gasteiger partial charge in [-0.2, -0.15) is 0 Å². The summed E-state index contributed by atoms with van der Waals surface area (Å²) in [5.41, 5.74) is 0. The van der Waals surface area contributed by atoms with Crippen LogP contribution in [0.4, 0.5) is 0 Å². The molecule has 29 heavy (non-hydrogen) atoms. The molecule has 4 nitrogen and oxygen atoms in total. The molecule has 0 aliphatic heterocycles. The predicted molar refractivity (Wildman–Crippen MR) is 119 cm³/mol. The van der Waals surface area contributed by atoms with Crippen molar-refractivity contribution in [2.45, 2.75) is 111 Å². The van der Waals surface area contributed by atoms with Crippen LogP contribution in [0.25, 0.3) is 0 Å². The average molecular weight is 411 g/mol. The van der Waals surface area contributed by atoms with E-state index in [1.54, 1.807) is 0 Å². The van der Waals surface area contributed by atoms with Crippen LogP contribution in [0, 0.1) is 23.7 Å². The van der Waals surface area contributed by atoms with Gasteiger partial charge < -0.3 is 9.47 Å². The smallest absolute Gasteiger partial charge is 0.308 e. The van der Waals surface area contributed by atoms with Crippen LogP contribution in [0.2, 0.25) is 0 Å². The van der Waals surface area contributed by atoms with Gasteiger partial charge in [0.2, 0.25) is 0 Å². The molecule has 0 spiro atoms. The second-order valence-electron chi connectivity index (χ2n) is 9.74. The lowest BCUT2D eigenvalue weighted by Crippen LogP contribution is -2.30. The largest absolute Gasteiger partial charge is 0.465 e. The number of ether oxygens (including phenoxy) is 2. The maximum Gasteiger partial charge on any atom is 0.308 e. The molecular weight excluding hydrogens is 364 g/mol. The van der Waals surface area contributed by atoms with E-state index in [0.717, 1.165) is 50.9 Å². The first-order valence-corrected chi connectivity index (χ1v) is 12.2. The van der Waals surface area contributed by atoms with E-state index in [4.69, 9.17) is 9.47 Å². The van der Waals surface area contributed by atoms with Crippen molar-refractivity contribution in [1.29, 1.82) is 0 Å². The van der Waals surface area contributed by atoms with Crippen LogP contribution in [0.1, 0.15) is 111 Å². The molecule has 0 bridgehead atoms. The average Bonchev–Trinajstić information content (AvgIpc) is 2.69. The molecule has 0 N–H and O–H groups in total. The van der Waals surface area contributed by atoms with E-state index in [1.807, 2.05) is 0 Å². The molecule has 1 fully saturated rings. The maximum atomic E-state index is 12.4. The van der Waals surface area contributed by atoms with Gasteiger partial charge in [0.05, 0.1) is 25.0 Å². The van der Waals surface area contributed by atoms with Crippen LogP contribution in [0.15, 0.2) is 0 Å². The summed E-state index contributed by atoms with van der Waals surface area (Å²) in [6.07, 6.45) is 13.6. The topological polar surface area (TPSA) is 52.6 Å². The predicted octanol–water partition coefficient (Wildman–Crippen LogP) is 6.70. The van der Waals surface area contributed by atoms with Crippen LogP contribution in [0.3, 0.4) is 0 Å². The third-order valence-electron chi connectivity index (χ3n) is 5.93. The molecule has 0 saturated heterocycles. The first kappa shape index (κ1) is 26.0. The Morgan fingerprint density at radius 1 is 0.690 bits per heavy atom.